The number of nitrogens with one attached hydrogen (secondary N) is 1. The highest BCUT2D eigenvalue weighted by Crippen LogP contribution is 2.28. The summed E-state index contributed by atoms with van der Waals surface area (Å²) in [5.74, 6) is -0.437. The van der Waals surface area contributed by atoms with Crippen molar-refractivity contribution in [2.24, 2.45) is 0 Å². The van der Waals surface area contributed by atoms with Gasteiger partial charge in [0, 0.05) is 29.7 Å². The zero-order valence-corrected chi connectivity index (χ0v) is 16.6. The molecule has 2 aromatic carbocycles. The summed E-state index contributed by atoms with van der Waals surface area (Å²) in [4.78, 5) is 31.9. The molecule has 4 rings (SSSR count). The monoisotopic (exact) mass is 385 g/mol. The number of pyridine rings is 1. The molecule has 1 aliphatic rings. The largest absolute Gasteiger partial charge is 0.320 e. The molecular formula is C24H23N3O2. The molecule has 0 saturated heterocycles. The van der Waals surface area contributed by atoms with E-state index in [1.54, 1.807) is 17.0 Å². The van der Waals surface area contributed by atoms with Crippen LogP contribution in [0.3, 0.4) is 0 Å². The van der Waals surface area contributed by atoms with Gasteiger partial charge in [0.05, 0.1) is 0 Å². The van der Waals surface area contributed by atoms with Crippen LogP contribution in [0.4, 0.5) is 11.4 Å². The van der Waals surface area contributed by atoms with Crippen LogP contribution in [0.2, 0.25) is 0 Å². The highest BCUT2D eigenvalue weighted by Gasteiger charge is 2.24. The number of fused-ring (bicyclic) bond motifs is 1. The third-order valence-corrected chi connectivity index (χ3v) is 5.45. The summed E-state index contributed by atoms with van der Waals surface area (Å²) in [7, 11) is 0. The molecular weight excluding hydrogens is 362 g/mol. The lowest BCUT2D eigenvalue weighted by Gasteiger charge is -2.29. The number of para-hydroxylation sites is 1. The number of hydrogen-bond donors (Lipinski definition) is 1. The highest BCUT2D eigenvalue weighted by atomic mass is 16.2. The number of anilines is 2. The van der Waals surface area contributed by atoms with Gasteiger partial charge in [-0.05, 0) is 67.6 Å². The number of aromatic nitrogens is 1. The average molecular weight is 385 g/mol. The second-order valence-corrected chi connectivity index (χ2v) is 7.32. The molecule has 3 aromatic rings. The van der Waals surface area contributed by atoms with Gasteiger partial charge in [0.2, 0.25) is 0 Å². The maximum absolute atomic E-state index is 13.2. The van der Waals surface area contributed by atoms with Gasteiger partial charge in [0.15, 0.2) is 0 Å². The molecule has 1 N–H and O–H groups in total. The first-order valence-corrected chi connectivity index (χ1v) is 9.78. The van der Waals surface area contributed by atoms with Crippen LogP contribution in [0.15, 0.2) is 60.8 Å². The van der Waals surface area contributed by atoms with Crippen LogP contribution in [0.5, 0.6) is 0 Å². The van der Waals surface area contributed by atoms with Crippen LogP contribution in [-0.4, -0.2) is 23.3 Å². The molecule has 0 aliphatic carbocycles. The summed E-state index contributed by atoms with van der Waals surface area (Å²) in [5, 5.41) is 2.90. The Morgan fingerprint density at radius 3 is 2.72 bits per heavy atom. The smallest absolute Gasteiger partial charge is 0.274 e. The molecule has 0 fully saturated rings. The van der Waals surface area contributed by atoms with Gasteiger partial charge in [-0.1, -0.05) is 30.3 Å². The standard InChI is InChI=1S/C24H23N3O2/c1-16-7-5-10-20(17(16)2)26-23(28)21-15-19(12-13-25-21)24(29)27-14-6-9-18-8-3-4-11-22(18)27/h3-5,7-8,10-13,15H,6,9,14H2,1-2H3,(H,26,28). The molecule has 146 valence electrons. The summed E-state index contributed by atoms with van der Waals surface area (Å²) >= 11 is 0. The quantitative estimate of drug-likeness (QED) is 0.720. The Kier molecular flexibility index (Phi) is 5.12. The van der Waals surface area contributed by atoms with Gasteiger partial charge in [0.25, 0.3) is 11.8 Å². The van der Waals surface area contributed by atoms with Crippen LogP contribution in [0.25, 0.3) is 0 Å². The Hall–Kier alpha value is -3.47. The van der Waals surface area contributed by atoms with E-state index < -0.39 is 0 Å². The second-order valence-electron chi connectivity index (χ2n) is 7.32. The van der Waals surface area contributed by atoms with E-state index in [-0.39, 0.29) is 17.5 Å². The maximum Gasteiger partial charge on any atom is 0.274 e. The Morgan fingerprint density at radius 2 is 1.86 bits per heavy atom. The van der Waals surface area contributed by atoms with E-state index in [1.165, 1.54) is 11.8 Å². The van der Waals surface area contributed by atoms with Crippen molar-refractivity contribution in [3.05, 3.63) is 88.7 Å². The number of hydrogen-bond acceptors (Lipinski definition) is 3. The lowest BCUT2D eigenvalue weighted by atomic mass is 10.0. The number of carbonyl (C=O) groups is 2. The lowest BCUT2D eigenvalue weighted by molar-refractivity contribution is 0.0985. The van der Waals surface area contributed by atoms with Crippen LogP contribution in [0.1, 0.15) is 44.0 Å². The average Bonchev–Trinajstić information content (AvgIpc) is 2.76. The molecule has 2 heterocycles. The third kappa shape index (κ3) is 3.76. The molecule has 0 bridgehead atoms. The van der Waals surface area contributed by atoms with E-state index in [0.29, 0.717) is 12.1 Å². The first-order chi connectivity index (χ1) is 14.0. The van der Waals surface area contributed by atoms with Crippen molar-refractivity contribution in [2.75, 3.05) is 16.8 Å². The Morgan fingerprint density at radius 1 is 1.03 bits per heavy atom. The first kappa shape index (κ1) is 18.9. The Balaban J connectivity index is 1.58. The number of nitrogens with zero attached hydrogens (tertiary/aromatic N) is 2. The summed E-state index contributed by atoms with van der Waals surface area (Å²) in [6.45, 7) is 4.63. The zero-order valence-electron chi connectivity index (χ0n) is 16.6. The number of amides is 2. The minimum absolute atomic E-state index is 0.111. The van der Waals surface area contributed by atoms with Crippen LogP contribution >= 0.6 is 0 Å². The number of benzene rings is 2. The van der Waals surface area contributed by atoms with E-state index in [2.05, 4.69) is 16.4 Å². The molecule has 0 atom stereocenters. The minimum atomic E-state index is -0.326. The zero-order chi connectivity index (χ0) is 20.4. The molecule has 1 aromatic heterocycles. The summed E-state index contributed by atoms with van der Waals surface area (Å²) in [6, 6.07) is 17.0. The van der Waals surface area contributed by atoms with Crippen molar-refractivity contribution in [3.63, 3.8) is 0 Å². The first-order valence-electron chi connectivity index (χ1n) is 9.78. The number of rotatable bonds is 3. The third-order valence-electron chi connectivity index (χ3n) is 5.45. The predicted molar refractivity (Wildman–Crippen MR) is 115 cm³/mol. The van der Waals surface area contributed by atoms with Gasteiger partial charge >= 0.3 is 0 Å². The van der Waals surface area contributed by atoms with Crippen LogP contribution in [0, 0.1) is 13.8 Å². The molecule has 0 saturated carbocycles. The van der Waals surface area contributed by atoms with Gasteiger partial charge in [-0.15, -0.1) is 0 Å². The molecule has 0 radical (unpaired) electrons. The van der Waals surface area contributed by atoms with Gasteiger partial charge < -0.3 is 10.2 Å². The van der Waals surface area contributed by atoms with E-state index in [9.17, 15) is 9.59 Å². The Labute approximate surface area is 170 Å². The van der Waals surface area contributed by atoms with E-state index >= 15 is 0 Å². The van der Waals surface area contributed by atoms with Gasteiger partial charge in [0.1, 0.15) is 5.69 Å². The number of aryl methyl sites for hydroxylation is 2. The van der Waals surface area contributed by atoms with Crippen molar-refractivity contribution in [2.45, 2.75) is 26.7 Å². The van der Waals surface area contributed by atoms with E-state index in [1.807, 2.05) is 50.2 Å². The Bertz CT molecular complexity index is 1090. The highest BCUT2D eigenvalue weighted by molar-refractivity contribution is 6.09. The molecule has 5 heteroatoms. The fourth-order valence-electron chi connectivity index (χ4n) is 3.66. The van der Waals surface area contributed by atoms with Crippen molar-refractivity contribution >= 4 is 23.2 Å². The predicted octanol–water partition coefficient (Wildman–Crippen LogP) is 4.54. The molecule has 1 aliphatic heterocycles. The number of carbonyl (C=O) groups excluding carboxylic acids is 2. The fourth-order valence-corrected chi connectivity index (χ4v) is 3.66. The van der Waals surface area contributed by atoms with Crippen molar-refractivity contribution < 1.29 is 9.59 Å². The molecule has 2 amide bonds. The van der Waals surface area contributed by atoms with E-state index in [4.69, 9.17) is 0 Å². The van der Waals surface area contributed by atoms with Gasteiger partial charge in [-0.25, -0.2) is 0 Å². The van der Waals surface area contributed by atoms with Crippen molar-refractivity contribution in [1.82, 2.24) is 4.98 Å². The fraction of sp³-hybridized carbons (Fsp3) is 0.208. The minimum Gasteiger partial charge on any atom is -0.320 e. The van der Waals surface area contributed by atoms with Crippen LogP contribution in [-0.2, 0) is 6.42 Å². The normalized spacial score (nSPS) is 13.0. The second kappa shape index (κ2) is 7.87. The summed E-state index contributed by atoms with van der Waals surface area (Å²) < 4.78 is 0. The molecule has 0 spiro atoms. The van der Waals surface area contributed by atoms with Gasteiger partial charge in [-0.3, -0.25) is 14.6 Å². The van der Waals surface area contributed by atoms with Gasteiger partial charge in [-0.2, -0.15) is 0 Å². The topological polar surface area (TPSA) is 62.3 Å². The van der Waals surface area contributed by atoms with E-state index in [0.717, 1.165) is 35.3 Å². The SMILES string of the molecule is Cc1cccc(NC(=O)c2cc(C(=O)N3CCCc4ccccc43)ccn2)c1C. The van der Waals surface area contributed by atoms with Crippen LogP contribution < -0.4 is 10.2 Å². The maximum atomic E-state index is 13.2. The molecule has 29 heavy (non-hydrogen) atoms. The lowest BCUT2D eigenvalue weighted by Crippen LogP contribution is -2.35. The molecule has 5 nitrogen and oxygen atoms in total. The molecule has 0 unspecified atom stereocenters. The summed E-state index contributed by atoms with van der Waals surface area (Å²) in [6.07, 6.45) is 3.41. The summed E-state index contributed by atoms with van der Waals surface area (Å²) in [5.41, 5.74) is 5.67. The van der Waals surface area contributed by atoms with Crippen molar-refractivity contribution in [3.8, 4) is 0 Å². The van der Waals surface area contributed by atoms with Crippen molar-refractivity contribution in [1.29, 1.82) is 0 Å².